The van der Waals surface area contributed by atoms with Crippen LogP contribution in [0.2, 0.25) is 0 Å². The Morgan fingerprint density at radius 3 is 2.56 bits per heavy atom. The molecule has 2 heterocycles. The van der Waals surface area contributed by atoms with Gasteiger partial charge in [0.05, 0.1) is 6.10 Å². The van der Waals surface area contributed by atoms with E-state index in [0.29, 0.717) is 24.0 Å². The summed E-state index contributed by atoms with van der Waals surface area (Å²) in [4.78, 5) is 0. The zero-order valence-corrected chi connectivity index (χ0v) is 10.6. The van der Waals surface area contributed by atoms with Crippen LogP contribution in [0.4, 0.5) is 0 Å². The maximum atomic E-state index is 5.80. The average Bonchev–Trinajstić information content (AvgIpc) is 2.76. The molecule has 0 amide bonds. The minimum absolute atomic E-state index is 0.465. The number of hydrogen-bond donors (Lipinski definition) is 1. The third kappa shape index (κ3) is 3.19. The molecule has 0 aromatic carbocycles. The monoisotopic (exact) mass is 227 g/mol. The molecule has 2 atom stereocenters. The van der Waals surface area contributed by atoms with Gasteiger partial charge in [-0.15, -0.1) is 0 Å². The van der Waals surface area contributed by atoms with Crippen molar-refractivity contribution in [2.45, 2.75) is 45.3 Å². The standard InChI is InChI=1S/C13H25NO2/c1-10(2)13-11(3-8-16-13)9-14-12-4-6-15-7-5-12/h10-14H,3-9H2,1-2H3. The fraction of sp³-hybridized carbons (Fsp3) is 1.00. The lowest BCUT2D eigenvalue weighted by molar-refractivity contribution is 0.0489. The van der Waals surface area contributed by atoms with Crippen molar-refractivity contribution in [1.82, 2.24) is 5.32 Å². The Bertz CT molecular complexity index is 202. The van der Waals surface area contributed by atoms with Crippen molar-refractivity contribution < 1.29 is 9.47 Å². The fourth-order valence-electron chi connectivity index (χ4n) is 2.83. The fourth-order valence-corrected chi connectivity index (χ4v) is 2.83. The van der Waals surface area contributed by atoms with Crippen molar-refractivity contribution in [2.75, 3.05) is 26.4 Å². The lowest BCUT2D eigenvalue weighted by atomic mass is 9.92. The number of hydrogen-bond acceptors (Lipinski definition) is 3. The lowest BCUT2D eigenvalue weighted by Crippen LogP contribution is -2.40. The molecule has 2 rings (SSSR count). The highest BCUT2D eigenvalue weighted by atomic mass is 16.5. The molecule has 0 aromatic heterocycles. The molecule has 3 nitrogen and oxygen atoms in total. The summed E-state index contributed by atoms with van der Waals surface area (Å²) >= 11 is 0. The Morgan fingerprint density at radius 1 is 1.12 bits per heavy atom. The van der Waals surface area contributed by atoms with E-state index in [0.717, 1.165) is 26.4 Å². The molecule has 2 saturated heterocycles. The van der Waals surface area contributed by atoms with Gasteiger partial charge in [0.2, 0.25) is 0 Å². The maximum Gasteiger partial charge on any atom is 0.0639 e. The molecule has 16 heavy (non-hydrogen) atoms. The topological polar surface area (TPSA) is 30.5 Å². The van der Waals surface area contributed by atoms with Crippen molar-refractivity contribution in [2.24, 2.45) is 11.8 Å². The maximum absolute atomic E-state index is 5.80. The second-order valence-electron chi connectivity index (χ2n) is 5.42. The molecule has 2 aliphatic rings. The van der Waals surface area contributed by atoms with Crippen LogP contribution in [0.15, 0.2) is 0 Å². The van der Waals surface area contributed by atoms with E-state index in [9.17, 15) is 0 Å². The zero-order chi connectivity index (χ0) is 11.4. The predicted molar refractivity (Wildman–Crippen MR) is 64.5 cm³/mol. The molecule has 0 saturated carbocycles. The number of rotatable bonds is 4. The van der Waals surface area contributed by atoms with E-state index >= 15 is 0 Å². The molecule has 0 bridgehead atoms. The molecule has 1 N–H and O–H groups in total. The van der Waals surface area contributed by atoms with Gasteiger partial charge in [-0.3, -0.25) is 0 Å². The van der Waals surface area contributed by atoms with Crippen LogP contribution in [0.25, 0.3) is 0 Å². The number of ether oxygens (including phenoxy) is 2. The summed E-state index contributed by atoms with van der Waals surface area (Å²) in [7, 11) is 0. The molecular weight excluding hydrogens is 202 g/mol. The van der Waals surface area contributed by atoms with Crippen molar-refractivity contribution in [1.29, 1.82) is 0 Å². The highest BCUT2D eigenvalue weighted by Gasteiger charge is 2.30. The summed E-state index contributed by atoms with van der Waals surface area (Å²) in [5.74, 6) is 1.35. The van der Waals surface area contributed by atoms with E-state index in [-0.39, 0.29) is 0 Å². The Morgan fingerprint density at radius 2 is 1.88 bits per heavy atom. The van der Waals surface area contributed by atoms with E-state index in [2.05, 4.69) is 19.2 Å². The second-order valence-corrected chi connectivity index (χ2v) is 5.42. The van der Waals surface area contributed by atoms with Gasteiger partial charge in [-0.05, 0) is 31.1 Å². The summed E-state index contributed by atoms with van der Waals surface area (Å²) in [5, 5.41) is 3.69. The molecule has 94 valence electrons. The van der Waals surface area contributed by atoms with Crippen molar-refractivity contribution in [3.05, 3.63) is 0 Å². The first kappa shape index (κ1) is 12.3. The van der Waals surface area contributed by atoms with Crippen molar-refractivity contribution in [3.63, 3.8) is 0 Å². The highest BCUT2D eigenvalue weighted by molar-refractivity contribution is 4.82. The minimum atomic E-state index is 0.465. The van der Waals surface area contributed by atoms with E-state index < -0.39 is 0 Å². The van der Waals surface area contributed by atoms with Gasteiger partial charge >= 0.3 is 0 Å². The van der Waals surface area contributed by atoms with Gasteiger partial charge in [0.25, 0.3) is 0 Å². The Labute approximate surface area is 98.9 Å². The molecule has 0 aliphatic carbocycles. The van der Waals surface area contributed by atoms with Crippen molar-refractivity contribution in [3.8, 4) is 0 Å². The van der Waals surface area contributed by atoms with Crippen LogP contribution in [0.1, 0.15) is 33.1 Å². The Kier molecular flexibility index (Phi) is 4.62. The molecule has 3 heteroatoms. The molecule has 0 aromatic rings. The van der Waals surface area contributed by atoms with Gasteiger partial charge in [-0.2, -0.15) is 0 Å². The van der Waals surface area contributed by atoms with Crippen LogP contribution in [0.5, 0.6) is 0 Å². The van der Waals surface area contributed by atoms with E-state index in [4.69, 9.17) is 9.47 Å². The first-order chi connectivity index (χ1) is 7.77. The number of nitrogens with one attached hydrogen (secondary N) is 1. The van der Waals surface area contributed by atoms with Crippen molar-refractivity contribution >= 4 is 0 Å². The minimum Gasteiger partial charge on any atom is -0.381 e. The molecule has 2 fully saturated rings. The SMILES string of the molecule is CC(C)C1OCCC1CNC1CCOCC1. The lowest BCUT2D eigenvalue weighted by Gasteiger charge is -2.27. The van der Waals surface area contributed by atoms with Crippen LogP contribution in [0, 0.1) is 11.8 Å². The predicted octanol–water partition coefficient (Wildman–Crippen LogP) is 1.82. The largest absolute Gasteiger partial charge is 0.381 e. The zero-order valence-electron chi connectivity index (χ0n) is 10.6. The van der Waals surface area contributed by atoms with Gasteiger partial charge < -0.3 is 14.8 Å². The molecule has 0 radical (unpaired) electrons. The highest BCUT2D eigenvalue weighted by Crippen LogP contribution is 2.26. The second kappa shape index (κ2) is 5.99. The Hall–Kier alpha value is -0.120. The van der Waals surface area contributed by atoms with Crippen LogP contribution >= 0.6 is 0 Å². The summed E-state index contributed by atoms with van der Waals surface area (Å²) in [6, 6.07) is 0.669. The van der Waals surface area contributed by atoms with Crippen LogP contribution in [-0.2, 0) is 9.47 Å². The first-order valence-electron chi connectivity index (χ1n) is 6.70. The van der Waals surface area contributed by atoms with Gasteiger partial charge in [-0.1, -0.05) is 13.8 Å². The van der Waals surface area contributed by atoms with E-state index in [1.807, 2.05) is 0 Å². The first-order valence-corrected chi connectivity index (χ1v) is 6.70. The van der Waals surface area contributed by atoms with Crippen LogP contribution in [0.3, 0.4) is 0 Å². The third-order valence-corrected chi connectivity index (χ3v) is 3.81. The summed E-state index contributed by atoms with van der Waals surface area (Å²) in [6.07, 6.45) is 4.02. The normalized spacial score (nSPS) is 32.4. The van der Waals surface area contributed by atoms with Gasteiger partial charge in [0, 0.05) is 32.4 Å². The van der Waals surface area contributed by atoms with Gasteiger partial charge in [0.15, 0.2) is 0 Å². The third-order valence-electron chi connectivity index (χ3n) is 3.81. The van der Waals surface area contributed by atoms with E-state index in [1.54, 1.807) is 0 Å². The molecule has 2 unspecified atom stereocenters. The Balaban J connectivity index is 1.71. The molecule has 0 spiro atoms. The van der Waals surface area contributed by atoms with Crippen LogP contribution < -0.4 is 5.32 Å². The summed E-state index contributed by atoms with van der Waals surface area (Å²) < 4.78 is 11.2. The van der Waals surface area contributed by atoms with Crippen LogP contribution in [-0.4, -0.2) is 38.5 Å². The summed E-state index contributed by atoms with van der Waals surface area (Å²) in [6.45, 7) is 8.43. The molecule has 2 aliphatic heterocycles. The quantitative estimate of drug-likeness (QED) is 0.794. The van der Waals surface area contributed by atoms with Gasteiger partial charge in [-0.25, -0.2) is 0 Å². The average molecular weight is 227 g/mol. The smallest absolute Gasteiger partial charge is 0.0639 e. The molecular formula is C13H25NO2. The summed E-state index contributed by atoms with van der Waals surface area (Å²) in [5.41, 5.74) is 0. The van der Waals surface area contributed by atoms with E-state index in [1.165, 1.54) is 19.3 Å². The van der Waals surface area contributed by atoms with Gasteiger partial charge in [0.1, 0.15) is 0 Å².